The molecule has 1 aliphatic carbocycles. The number of hydrogen-bond donors (Lipinski definition) is 2. The SMILES string of the molecule is O=C(NCCC1CCCC1)c1ccc(C#CCO)cc1. The van der Waals surface area contributed by atoms with Crippen LogP contribution in [-0.4, -0.2) is 24.2 Å². The first kappa shape index (κ1) is 14.6. The van der Waals surface area contributed by atoms with Crippen molar-refractivity contribution in [1.29, 1.82) is 0 Å². The molecule has 1 amide bonds. The molecule has 1 saturated carbocycles. The van der Waals surface area contributed by atoms with Gasteiger partial charge in [0.1, 0.15) is 6.61 Å². The van der Waals surface area contributed by atoms with Crippen LogP contribution in [0.1, 0.15) is 48.0 Å². The molecule has 0 unspecified atom stereocenters. The van der Waals surface area contributed by atoms with Crippen LogP contribution in [0.25, 0.3) is 0 Å². The molecule has 1 aliphatic rings. The molecule has 3 heteroatoms. The van der Waals surface area contributed by atoms with Crippen molar-refractivity contribution >= 4 is 5.91 Å². The predicted octanol–water partition coefficient (Wildman–Crippen LogP) is 2.34. The largest absolute Gasteiger partial charge is 0.384 e. The van der Waals surface area contributed by atoms with Gasteiger partial charge in [-0.3, -0.25) is 4.79 Å². The standard InChI is InChI=1S/C17H21NO2/c19-13-3-6-15-7-9-16(10-8-15)17(20)18-12-11-14-4-1-2-5-14/h7-10,14,19H,1-2,4-5,11-13H2,(H,18,20). The normalized spacial score (nSPS) is 14.7. The number of nitrogens with one attached hydrogen (secondary N) is 1. The minimum atomic E-state index is -0.149. The zero-order chi connectivity index (χ0) is 14.2. The van der Waals surface area contributed by atoms with Gasteiger partial charge < -0.3 is 10.4 Å². The molecule has 1 aromatic carbocycles. The van der Waals surface area contributed by atoms with Crippen molar-refractivity contribution in [2.24, 2.45) is 5.92 Å². The maximum absolute atomic E-state index is 12.0. The fraction of sp³-hybridized carbons (Fsp3) is 0.471. The highest BCUT2D eigenvalue weighted by Crippen LogP contribution is 2.26. The summed E-state index contributed by atoms with van der Waals surface area (Å²) in [6.07, 6.45) is 6.40. The molecule has 0 heterocycles. The van der Waals surface area contributed by atoms with Gasteiger partial charge in [-0.05, 0) is 36.6 Å². The minimum absolute atomic E-state index is 0.0235. The first-order valence-electron chi connectivity index (χ1n) is 7.27. The lowest BCUT2D eigenvalue weighted by molar-refractivity contribution is 0.0951. The van der Waals surface area contributed by atoms with E-state index in [4.69, 9.17) is 5.11 Å². The summed E-state index contributed by atoms with van der Waals surface area (Å²) >= 11 is 0. The Labute approximate surface area is 120 Å². The second-order valence-corrected chi connectivity index (χ2v) is 5.23. The highest BCUT2D eigenvalue weighted by Gasteiger charge is 2.14. The van der Waals surface area contributed by atoms with Crippen molar-refractivity contribution in [3.63, 3.8) is 0 Å². The zero-order valence-corrected chi connectivity index (χ0v) is 11.7. The van der Waals surface area contributed by atoms with Crippen LogP contribution in [0.15, 0.2) is 24.3 Å². The van der Waals surface area contributed by atoms with Gasteiger partial charge in [-0.25, -0.2) is 0 Å². The molecule has 0 aliphatic heterocycles. The number of hydrogen-bond acceptors (Lipinski definition) is 2. The maximum Gasteiger partial charge on any atom is 0.251 e. The van der Waals surface area contributed by atoms with Gasteiger partial charge >= 0.3 is 0 Å². The third-order valence-electron chi connectivity index (χ3n) is 3.77. The van der Waals surface area contributed by atoms with Crippen LogP contribution in [0, 0.1) is 17.8 Å². The number of carbonyl (C=O) groups excluding carboxylic acids is 1. The molecule has 0 atom stereocenters. The van der Waals surface area contributed by atoms with Crippen molar-refractivity contribution in [2.45, 2.75) is 32.1 Å². The quantitative estimate of drug-likeness (QED) is 0.826. The molecule has 106 valence electrons. The van der Waals surface area contributed by atoms with Gasteiger partial charge in [0.25, 0.3) is 5.91 Å². The summed E-state index contributed by atoms with van der Waals surface area (Å²) in [5.74, 6) is 6.17. The van der Waals surface area contributed by atoms with Gasteiger partial charge in [0, 0.05) is 17.7 Å². The van der Waals surface area contributed by atoms with E-state index in [1.165, 1.54) is 25.7 Å². The van der Waals surface area contributed by atoms with E-state index in [2.05, 4.69) is 17.2 Å². The predicted molar refractivity (Wildman–Crippen MR) is 79.3 cm³/mol. The summed E-state index contributed by atoms with van der Waals surface area (Å²) in [5, 5.41) is 11.6. The Hall–Kier alpha value is -1.79. The zero-order valence-electron chi connectivity index (χ0n) is 11.7. The number of carbonyl (C=O) groups is 1. The van der Waals surface area contributed by atoms with Crippen LogP contribution in [-0.2, 0) is 0 Å². The highest BCUT2D eigenvalue weighted by molar-refractivity contribution is 5.94. The van der Waals surface area contributed by atoms with E-state index in [1.807, 2.05) is 0 Å². The number of aliphatic hydroxyl groups excluding tert-OH is 1. The molecular formula is C17H21NO2. The third kappa shape index (κ3) is 4.40. The van der Waals surface area contributed by atoms with Crippen LogP contribution in [0.5, 0.6) is 0 Å². The Morgan fingerprint density at radius 1 is 1.25 bits per heavy atom. The Bertz CT molecular complexity index is 490. The van der Waals surface area contributed by atoms with E-state index in [0.717, 1.165) is 24.4 Å². The summed E-state index contributed by atoms with van der Waals surface area (Å²) in [7, 11) is 0. The number of benzene rings is 1. The van der Waals surface area contributed by atoms with Crippen molar-refractivity contribution in [2.75, 3.05) is 13.2 Å². The van der Waals surface area contributed by atoms with Gasteiger partial charge in [0.15, 0.2) is 0 Å². The van der Waals surface area contributed by atoms with Crippen molar-refractivity contribution < 1.29 is 9.90 Å². The lowest BCUT2D eigenvalue weighted by Crippen LogP contribution is -2.25. The average molecular weight is 271 g/mol. The van der Waals surface area contributed by atoms with Gasteiger partial charge in [-0.2, -0.15) is 0 Å². The van der Waals surface area contributed by atoms with Crippen LogP contribution in [0.4, 0.5) is 0 Å². The maximum atomic E-state index is 12.0. The highest BCUT2D eigenvalue weighted by atomic mass is 16.2. The Kier molecular flexibility index (Phi) is 5.64. The van der Waals surface area contributed by atoms with E-state index in [1.54, 1.807) is 24.3 Å². The van der Waals surface area contributed by atoms with Crippen LogP contribution >= 0.6 is 0 Å². The lowest BCUT2D eigenvalue weighted by atomic mass is 10.0. The van der Waals surface area contributed by atoms with Crippen molar-refractivity contribution in [3.05, 3.63) is 35.4 Å². The van der Waals surface area contributed by atoms with Crippen LogP contribution < -0.4 is 5.32 Å². The molecule has 2 N–H and O–H groups in total. The summed E-state index contributed by atoms with van der Waals surface area (Å²) < 4.78 is 0. The van der Waals surface area contributed by atoms with Gasteiger partial charge in [0.05, 0.1) is 0 Å². The molecule has 20 heavy (non-hydrogen) atoms. The van der Waals surface area contributed by atoms with E-state index in [-0.39, 0.29) is 12.5 Å². The number of rotatable bonds is 4. The Balaban J connectivity index is 1.79. The first-order chi connectivity index (χ1) is 9.79. The molecule has 3 nitrogen and oxygen atoms in total. The molecule has 1 aromatic rings. The van der Waals surface area contributed by atoms with Gasteiger partial charge in [-0.1, -0.05) is 37.5 Å². The molecule has 0 aromatic heterocycles. The van der Waals surface area contributed by atoms with Crippen LogP contribution in [0.2, 0.25) is 0 Å². The van der Waals surface area contributed by atoms with Crippen molar-refractivity contribution in [1.82, 2.24) is 5.32 Å². The van der Waals surface area contributed by atoms with Gasteiger partial charge in [-0.15, -0.1) is 0 Å². The number of aliphatic hydroxyl groups is 1. The fourth-order valence-electron chi connectivity index (χ4n) is 2.64. The summed E-state index contributed by atoms with van der Waals surface area (Å²) in [4.78, 5) is 12.0. The molecule has 0 radical (unpaired) electrons. The summed E-state index contributed by atoms with van der Waals surface area (Å²) in [6, 6.07) is 7.14. The Morgan fingerprint density at radius 2 is 1.95 bits per heavy atom. The summed E-state index contributed by atoms with van der Waals surface area (Å²) in [5.41, 5.74) is 1.47. The number of amides is 1. The lowest BCUT2D eigenvalue weighted by Gasteiger charge is -2.09. The molecule has 0 spiro atoms. The first-order valence-corrected chi connectivity index (χ1v) is 7.27. The smallest absolute Gasteiger partial charge is 0.251 e. The molecule has 1 fully saturated rings. The molecular weight excluding hydrogens is 250 g/mol. The molecule has 2 rings (SSSR count). The fourth-order valence-corrected chi connectivity index (χ4v) is 2.64. The molecule has 0 saturated heterocycles. The van der Waals surface area contributed by atoms with E-state index in [0.29, 0.717) is 5.56 Å². The van der Waals surface area contributed by atoms with E-state index < -0.39 is 0 Å². The second kappa shape index (κ2) is 7.72. The molecule has 0 bridgehead atoms. The monoisotopic (exact) mass is 271 g/mol. The Morgan fingerprint density at radius 3 is 2.60 bits per heavy atom. The van der Waals surface area contributed by atoms with Crippen molar-refractivity contribution in [3.8, 4) is 11.8 Å². The minimum Gasteiger partial charge on any atom is -0.384 e. The van der Waals surface area contributed by atoms with Crippen LogP contribution in [0.3, 0.4) is 0 Å². The van der Waals surface area contributed by atoms with Gasteiger partial charge in [0.2, 0.25) is 0 Å². The van der Waals surface area contributed by atoms with E-state index in [9.17, 15) is 4.79 Å². The van der Waals surface area contributed by atoms with E-state index >= 15 is 0 Å². The second-order valence-electron chi connectivity index (χ2n) is 5.23. The third-order valence-corrected chi connectivity index (χ3v) is 3.77. The summed E-state index contributed by atoms with van der Waals surface area (Å²) in [6.45, 7) is 0.610. The average Bonchev–Trinajstić information content (AvgIpc) is 2.99. The topological polar surface area (TPSA) is 49.3 Å².